The molecular formula is C24H20FN3O. The SMILES string of the molecule is O=C(NCc1cn(Cc2ccccc2)nc1-c1ccccc1)c1ccc(F)cc1. The lowest BCUT2D eigenvalue weighted by Gasteiger charge is -2.06. The van der Waals surface area contributed by atoms with Gasteiger partial charge in [0, 0.05) is 29.4 Å². The van der Waals surface area contributed by atoms with Crippen molar-refractivity contribution in [3.63, 3.8) is 0 Å². The van der Waals surface area contributed by atoms with Gasteiger partial charge in [0.15, 0.2) is 0 Å². The fourth-order valence-electron chi connectivity index (χ4n) is 3.16. The third-order valence-electron chi connectivity index (χ3n) is 4.62. The average molecular weight is 385 g/mol. The average Bonchev–Trinajstić information content (AvgIpc) is 3.16. The maximum Gasteiger partial charge on any atom is 0.251 e. The van der Waals surface area contributed by atoms with Gasteiger partial charge in [0.2, 0.25) is 0 Å². The van der Waals surface area contributed by atoms with Crippen LogP contribution < -0.4 is 5.32 Å². The maximum atomic E-state index is 13.1. The van der Waals surface area contributed by atoms with Crippen LogP contribution in [0.2, 0.25) is 0 Å². The monoisotopic (exact) mass is 385 g/mol. The smallest absolute Gasteiger partial charge is 0.251 e. The van der Waals surface area contributed by atoms with Gasteiger partial charge >= 0.3 is 0 Å². The fraction of sp³-hybridized carbons (Fsp3) is 0.0833. The molecule has 0 spiro atoms. The number of hydrogen-bond acceptors (Lipinski definition) is 2. The van der Waals surface area contributed by atoms with Gasteiger partial charge in [0.25, 0.3) is 5.91 Å². The predicted molar refractivity (Wildman–Crippen MR) is 111 cm³/mol. The van der Waals surface area contributed by atoms with Crippen molar-refractivity contribution in [2.24, 2.45) is 0 Å². The van der Waals surface area contributed by atoms with Crippen molar-refractivity contribution in [1.29, 1.82) is 0 Å². The zero-order valence-corrected chi connectivity index (χ0v) is 15.8. The van der Waals surface area contributed by atoms with Crippen LogP contribution in [0.1, 0.15) is 21.5 Å². The summed E-state index contributed by atoms with van der Waals surface area (Å²) < 4.78 is 15.0. The summed E-state index contributed by atoms with van der Waals surface area (Å²) in [5.74, 6) is -0.616. The van der Waals surface area contributed by atoms with Gasteiger partial charge in [-0.25, -0.2) is 4.39 Å². The molecule has 0 saturated heterocycles. The number of amides is 1. The van der Waals surface area contributed by atoms with E-state index in [0.29, 0.717) is 18.7 Å². The summed E-state index contributed by atoms with van der Waals surface area (Å²) in [6.07, 6.45) is 1.96. The Kier molecular flexibility index (Phi) is 5.47. The summed E-state index contributed by atoms with van der Waals surface area (Å²) in [6, 6.07) is 25.5. The molecule has 0 atom stereocenters. The third-order valence-corrected chi connectivity index (χ3v) is 4.62. The van der Waals surface area contributed by atoms with E-state index in [9.17, 15) is 9.18 Å². The topological polar surface area (TPSA) is 46.9 Å². The van der Waals surface area contributed by atoms with Crippen molar-refractivity contribution in [3.05, 3.63) is 114 Å². The van der Waals surface area contributed by atoms with Crippen molar-refractivity contribution < 1.29 is 9.18 Å². The molecule has 4 nitrogen and oxygen atoms in total. The number of nitrogens with zero attached hydrogens (tertiary/aromatic N) is 2. The molecule has 1 heterocycles. The highest BCUT2D eigenvalue weighted by atomic mass is 19.1. The van der Waals surface area contributed by atoms with E-state index in [1.807, 2.05) is 59.4 Å². The number of carbonyl (C=O) groups excluding carboxylic acids is 1. The molecule has 144 valence electrons. The Morgan fingerprint density at radius 3 is 2.24 bits per heavy atom. The Morgan fingerprint density at radius 2 is 1.55 bits per heavy atom. The second kappa shape index (κ2) is 8.52. The third kappa shape index (κ3) is 4.58. The highest BCUT2D eigenvalue weighted by Gasteiger charge is 2.13. The first-order valence-electron chi connectivity index (χ1n) is 9.38. The molecule has 0 fully saturated rings. The van der Waals surface area contributed by atoms with Gasteiger partial charge in [0.05, 0.1) is 12.2 Å². The van der Waals surface area contributed by atoms with E-state index >= 15 is 0 Å². The summed E-state index contributed by atoms with van der Waals surface area (Å²) in [5, 5.41) is 7.66. The molecule has 0 bridgehead atoms. The maximum absolute atomic E-state index is 13.1. The first-order valence-corrected chi connectivity index (χ1v) is 9.38. The molecule has 0 aliphatic heterocycles. The van der Waals surface area contributed by atoms with Crippen LogP contribution in [0.3, 0.4) is 0 Å². The summed E-state index contributed by atoms with van der Waals surface area (Å²) >= 11 is 0. The second-order valence-electron chi connectivity index (χ2n) is 6.74. The minimum absolute atomic E-state index is 0.250. The standard InChI is InChI=1S/C24H20FN3O/c25-22-13-11-20(12-14-22)24(29)26-15-21-17-28(16-18-7-3-1-4-8-18)27-23(21)19-9-5-2-6-10-19/h1-14,17H,15-16H2,(H,26,29). The minimum Gasteiger partial charge on any atom is -0.348 e. The van der Waals surface area contributed by atoms with Crippen molar-refractivity contribution >= 4 is 5.91 Å². The lowest BCUT2D eigenvalue weighted by Crippen LogP contribution is -2.22. The Hall–Kier alpha value is -3.73. The Morgan fingerprint density at radius 1 is 0.897 bits per heavy atom. The molecule has 4 aromatic rings. The number of benzene rings is 3. The van der Waals surface area contributed by atoms with Crippen LogP contribution in [-0.2, 0) is 13.1 Å². The van der Waals surface area contributed by atoms with E-state index in [0.717, 1.165) is 22.4 Å². The van der Waals surface area contributed by atoms with Crippen LogP contribution in [0, 0.1) is 5.82 Å². The van der Waals surface area contributed by atoms with Gasteiger partial charge in [-0.1, -0.05) is 60.7 Å². The lowest BCUT2D eigenvalue weighted by atomic mass is 10.1. The Bertz CT molecular complexity index is 1090. The van der Waals surface area contributed by atoms with Crippen molar-refractivity contribution in [1.82, 2.24) is 15.1 Å². The molecule has 1 amide bonds. The summed E-state index contributed by atoms with van der Waals surface area (Å²) in [7, 11) is 0. The molecule has 1 aromatic heterocycles. The van der Waals surface area contributed by atoms with Crippen LogP contribution in [0.15, 0.2) is 91.1 Å². The van der Waals surface area contributed by atoms with Crippen LogP contribution >= 0.6 is 0 Å². The number of hydrogen-bond donors (Lipinski definition) is 1. The molecule has 29 heavy (non-hydrogen) atoms. The van der Waals surface area contributed by atoms with E-state index in [1.165, 1.54) is 24.3 Å². The molecule has 0 saturated carbocycles. The number of nitrogens with one attached hydrogen (secondary N) is 1. The largest absolute Gasteiger partial charge is 0.348 e. The lowest BCUT2D eigenvalue weighted by molar-refractivity contribution is 0.0951. The van der Waals surface area contributed by atoms with Gasteiger partial charge in [-0.3, -0.25) is 9.48 Å². The number of halogens is 1. The summed E-state index contributed by atoms with van der Waals surface area (Å²) in [4.78, 5) is 12.4. The number of aromatic nitrogens is 2. The van der Waals surface area contributed by atoms with E-state index in [4.69, 9.17) is 5.10 Å². The molecule has 4 rings (SSSR count). The first kappa shape index (κ1) is 18.6. The highest BCUT2D eigenvalue weighted by Crippen LogP contribution is 2.22. The highest BCUT2D eigenvalue weighted by molar-refractivity contribution is 5.94. The molecule has 3 aromatic carbocycles. The number of rotatable bonds is 6. The molecule has 1 N–H and O–H groups in total. The van der Waals surface area contributed by atoms with Crippen molar-refractivity contribution in [2.75, 3.05) is 0 Å². The van der Waals surface area contributed by atoms with Crippen LogP contribution in [0.25, 0.3) is 11.3 Å². The Balaban J connectivity index is 1.57. The zero-order chi connectivity index (χ0) is 20.1. The van der Waals surface area contributed by atoms with E-state index in [2.05, 4.69) is 17.4 Å². The van der Waals surface area contributed by atoms with E-state index in [-0.39, 0.29) is 11.7 Å². The van der Waals surface area contributed by atoms with Gasteiger partial charge in [-0.2, -0.15) is 5.10 Å². The van der Waals surface area contributed by atoms with Gasteiger partial charge in [-0.05, 0) is 29.8 Å². The summed E-state index contributed by atoms with van der Waals surface area (Å²) in [6.45, 7) is 0.974. The van der Waals surface area contributed by atoms with E-state index in [1.54, 1.807) is 0 Å². The first-order chi connectivity index (χ1) is 14.2. The normalized spacial score (nSPS) is 10.7. The molecule has 5 heteroatoms. The van der Waals surface area contributed by atoms with E-state index < -0.39 is 0 Å². The quantitative estimate of drug-likeness (QED) is 0.524. The minimum atomic E-state index is -0.366. The second-order valence-corrected chi connectivity index (χ2v) is 6.74. The predicted octanol–water partition coefficient (Wildman–Crippen LogP) is 4.67. The molecule has 0 unspecified atom stereocenters. The Labute approximate surface area is 168 Å². The molecule has 0 radical (unpaired) electrons. The van der Waals surface area contributed by atoms with Gasteiger partial charge < -0.3 is 5.32 Å². The zero-order valence-electron chi connectivity index (χ0n) is 15.8. The fourth-order valence-corrected chi connectivity index (χ4v) is 3.16. The molecular weight excluding hydrogens is 365 g/mol. The molecule has 0 aliphatic rings. The van der Waals surface area contributed by atoms with Crippen LogP contribution in [0.4, 0.5) is 4.39 Å². The number of carbonyl (C=O) groups is 1. The van der Waals surface area contributed by atoms with Crippen molar-refractivity contribution in [3.8, 4) is 11.3 Å². The summed E-state index contributed by atoms with van der Waals surface area (Å²) in [5.41, 5.74) is 4.31. The molecule has 0 aliphatic carbocycles. The van der Waals surface area contributed by atoms with Crippen molar-refractivity contribution in [2.45, 2.75) is 13.1 Å². The van der Waals surface area contributed by atoms with Crippen LogP contribution in [0.5, 0.6) is 0 Å². The van der Waals surface area contributed by atoms with Gasteiger partial charge in [-0.15, -0.1) is 0 Å². The van der Waals surface area contributed by atoms with Gasteiger partial charge in [0.1, 0.15) is 5.82 Å². The van der Waals surface area contributed by atoms with Crippen LogP contribution in [-0.4, -0.2) is 15.7 Å².